The first-order valence-corrected chi connectivity index (χ1v) is 9.55. The van der Waals surface area contributed by atoms with E-state index in [1.807, 2.05) is 52.0 Å². The van der Waals surface area contributed by atoms with E-state index in [1.165, 1.54) is 0 Å². The molecule has 5 nitrogen and oxygen atoms in total. The highest BCUT2D eigenvalue weighted by Gasteiger charge is 2.36. The Morgan fingerprint density at radius 2 is 1.76 bits per heavy atom. The van der Waals surface area contributed by atoms with E-state index in [4.69, 9.17) is 0 Å². The van der Waals surface area contributed by atoms with E-state index in [0.717, 1.165) is 57.5 Å². The first-order valence-electron chi connectivity index (χ1n) is 9.55. The van der Waals surface area contributed by atoms with Gasteiger partial charge in [-0.05, 0) is 31.7 Å². The number of rotatable bonds is 5. The molecule has 0 aliphatic carbocycles. The standard InChI is InChI=1S/C20H29N3O2/c1-3-18(16-8-6-5-7-9-16)19(24)22-12-10-17(11-13-22)23-15-14-21(4-2)20(23)25/h5-9,17-18H,3-4,10-15H2,1-2H3. The molecule has 2 heterocycles. The molecule has 3 rings (SSSR count). The molecule has 0 aromatic heterocycles. The van der Waals surface area contributed by atoms with Gasteiger partial charge in [0.25, 0.3) is 0 Å². The monoisotopic (exact) mass is 343 g/mol. The minimum absolute atomic E-state index is 0.0539. The Balaban J connectivity index is 1.58. The van der Waals surface area contributed by atoms with E-state index in [-0.39, 0.29) is 23.9 Å². The van der Waals surface area contributed by atoms with Crippen LogP contribution in [-0.4, -0.2) is 65.4 Å². The highest BCUT2D eigenvalue weighted by molar-refractivity contribution is 5.84. The van der Waals surface area contributed by atoms with Gasteiger partial charge in [0.05, 0.1) is 5.92 Å². The second-order valence-corrected chi connectivity index (χ2v) is 6.98. The van der Waals surface area contributed by atoms with Crippen LogP contribution in [0.4, 0.5) is 4.79 Å². The third kappa shape index (κ3) is 3.65. The molecule has 3 amide bonds. The van der Waals surface area contributed by atoms with Crippen LogP contribution in [0.25, 0.3) is 0 Å². The third-order valence-electron chi connectivity index (χ3n) is 5.63. The summed E-state index contributed by atoms with van der Waals surface area (Å²) in [5, 5.41) is 0. The number of benzene rings is 1. The van der Waals surface area contributed by atoms with Crippen LogP contribution in [0.2, 0.25) is 0 Å². The molecule has 0 N–H and O–H groups in total. The van der Waals surface area contributed by atoms with E-state index in [2.05, 4.69) is 6.92 Å². The second-order valence-electron chi connectivity index (χ2n) is 6.98. The Bertz CT molecular complexity index is 596. The Labute approximate surface area is 150 Å². The minimum atomic E-state index is -0.0539. The van der Waals surface area contributed by atoms with E-state index < -0.39 is 0 Å². The SMILES string of the molecule is CCC(C(=O)N1CCC(N2CCN(CC)C2=O)CC1)c1ccccc1. The lowest BCUT2D eigenvalue weighted by molar-refractivity contribution is -0.134. The predicted octanol–water partition coefficient (Wildman–Crippen LogP) is 2.93. The zero-order valence-electron chi connectivity index (χ0n) is 15.4. The number of urea groups is 1. The highest BCUT2D eigenvalue weighted by atomic mass is 16.2. The number of piperidine rings is 1. The maximum atomic E-state index is 13.0. The first-order chi connectivity index (χ1) is 12.2. The highest BCUT2D eigenvalue weighted by Crippen LogP contribution is 2.26. The molecule has 0 saturated carbocycles. The molecule has 1 aromatic carbocycles. The Morgan fingerprint density at radius 1 is 1.08 bits per heavy atom. The zero-order chi connectivity index (χ0) is 17.8. The van der Waals surface area contributed by atoms with Crippen molar-refractivity contribution in [3.8, 4) is 0 Å². The quantitative estimate of drug-likeness (QED) is 0.825. The average molecular weight is 343 g/mol. The number of hydrogen-bond acceptors (Lipinski definition) is 2. The molecule has 1 unspecified atom stereocenters. The summed E-state index contributed by atoms with van der Waals surface area (Å²) >= 11 is 0. The lowest BCUT2D eigenvalue weighted by Crippen LogP contribution is -2.49. The Kier molecular flexibility index (Phi) is 5.61. The van der Waals surface area contributed by atoms with E-state index >= 15 is 0 Å². The fraction of sp³-hybridized carbons (Fsp3) is 0.600. The molecule has 2 aliphatic rings. The van der Waals surface area contributed by atoms with Gasteiger partial charge in [0.1, 0.15) is 0 Å². The average Bonchev–Trinajstić information content (AvgIpc) is 3.04. The van der Waals surface area contributed by atoms with Gasteiger partial charge in [-0.1, -0.05) is 37.3 Å². The minimum Gasteiger partial charge on any atom is -0.342 e. The number of likely N-dealkylation sites (N-methyl/N-ethyl adjacent to an activating group) is 1. The van der Waals surface area contributed by atoms with E-state index in [1.54, 1.807) is 0 Å². The first kappa shape index (κ1) is 17.8. The number of nitrogens with zero attached hydrogens (tertiary/aromatic N) is 3. The van der Waals surface area contributed by atoms with Crippen LogP contribution >= 0.6 is 0 Å². The summed E-state index contributed by atoms with van der Waals surface area (Å²) in [5.74, 6) is 0.178. The maximum Gasteiger partial charge on any atom is 0.320 e. The molecule has 25 heavy (non-hydrogen) atoms. The Hall–Kier alpha value is -2.04. The topological polar surface area (TPSA) is 43.9 Å². The van der Waals surface area contributed by atoms with Crippen LogP contribution in [0, 0.1) is 0 Å². The number of hydrogen-bond donors (Lipinski definition) is 0. The molecular formula is C20H29N3O2. The van der Waals surface area contributed by atoms with E-state index in [9.17, 15) is 9.59 Å². The molecule has 2 aliphatic heterocycles. The summed E-state index contributed by atoms with van der Waals surface area (Å²) < 4.78 is 0. The third-order valence-corrected chi connectivity index (χ3v) is 5.63. The number of carbonyl (C=O) groups excluding carboxylic acids is 2. The molecule has 1 aromatic rings. The number of carbonyl (C=O) groups is 2. The fourth-order valence-electron chi connectivity index (χ4n) is 4.09. The van der Waals surface area contributed by atoms with Crippen molar-refractivity contribution < 1.29 is 9.59 Å². The van der Waals surface area contributed by atoms with Gasteiger partial charge in [-0.3, -0.25) is 4.79 Å². The molecule has 0 bridgehead atoms. The number of amides is 3. The smallest absolute Gasteiger partial charge is 0.320 e. The van der Waals surface area contributed by atoms with Gasteiger partial charge in [0.2, 0.25) is 5.91 Å². The molecule has 136 valence electrons. The van der Waals surface area contributed by atoms with Gasteiger partial charge in [-0.15, -0.1) is 0 Å². The van der Waals surface area contributed by atoms with Gasteiger partial charge >= 0.3 is 6.03 Å². The maximum absolute atomic E-state index is 13.0. The van der Waals surface area contributed by atoms with Gasteiger partial charge in [0, 0.05) is 38.8 Å². The molecule has 5 heteroatoms. The second kappa shape index (κ2) is 7.89. The summed E-state index contributed by atoms with van der Waals surface area (Å²) in [6.45, 7) is 8.04. The van der Waals surface area contributed by atoms with Gasteiger partial charge in [-0.25, -0.2) is 4.79 Å². The lowest BCUT2D eigenvalue weighted by atomic mass is 9.93. The summed E-state index contributed by atoms with van der Waals surface area (Å²) in [7, 11) is 0. The number of likely N-dealkylation sites (tertiary alicyclic amines) is 1. The van der Waals surface area contributed by atoms with E-state index in [0.29, 0.717) is 0 Å². The summed E-state index contributed by atoms with van der Waals surface area (Å²) in [4.78, 5) is 31.2. The molecule has 2 fully saturated rings. The molecule has 0 spiro atoms. The molecule has 0 radical (unpaired) electrons. The van der Waals surface area contributed by atoms with Crippen molar-refractivity contribution in [1.82, 2.24) is 14.7 Å². The van der Waals surface area contributed by atoms with Crippen molar-refractivity contribution in [2.24, 2.45) is 0 Å². The van der Waals surface area contributed by atoms with Gasteiger partial charge < -0.3 is 14.7 Å². The van der Waals surface area contributed by atoms with Gasteiger partial charge in [0.15, 0.2) is 0 Å². The summed E-state index contributed by atoms with van der Waals surface area (Å²) in [6.07, 6.45) is 2.60. The summed E-state index contributed by atoms with van der Waals surface area (Å²) in [5.41, 5.74) is 1.10. The molecular weight excluding hydrogens is 314 g/mol. The van der Waals surface area contributed by atoms with Crippen LogP contribution < -0.4 is 0 Å². The predicted molar refractivity (Wildman–Crippen MR) is 98.4 cm³/mol. The van der Waals surface area contributed by atoms with Crippen molar-refractivity contribution in [2.45, 2.75) is 45.1 Å². The van der Waals surface area contributed by atoms with Crippen molar-refractivity contribution >= 4 is 11.9 Å². The van der Waals surface area contributed by atoms with Crippen LogP contribution in [0.1, 0.15) is 44.6 Å². The van der Waals surface area contributed by atoms with Crippen molar-refractivity contribution in [2.75, 3.05) is 32.7 Å². The fourth-order valence-corrected chi connectivity index (χ4v) is 4.09. The van der Waals surface area contributed by atoms with Crippen molar-refractivity contribution in [1.29, 1.82) is 0 Å². The van der Waals surface area contributed by atoms with Crippen molar-refractivity contribution in [3.63, 3.8) is 0 Å². The lowest BCUT2D eigenvalue weighted by Gasteiger charge is -2.37. The molecule has 2 saturated heterocycles. The van der Waals surface area contributed by atoms with Crippen molar-refractivity contribution in [3.05, 3.63) is 35.9 Å². The molecule has 1 atom stereocenters. The van der Waals surface area contributed by atoms with Crippen LogP contribution in [0.15, 0.2) is 30.3 Å². The summed E-state index contributed by atoms with van der Waals surface area (Å²) in [6, 6.07) is 10.5. The zero-order valence-corrected chi connectivity index (χ0v) is 15.4. The Morgan fingerprint density at radius 3 is 2.32 bits per heavy atom. The van der Waals surface area contributed by atoms with Gasteiger partial charge in [-0.2, -0.15) is 0 Å². The van der Waals surface area contributed by atoms with Crippen LogP contribution in [-0.2, 0) is 4.79 Å². The normalized spacial score (nSPS) is 20.2. The van der Waals surface area contributed by atoms with Crippen LogP contribution in [0.5, 0.6) is 0 Å². The van der Waals surface area contributed by atoms with Crippen LogP contribution in [0.3, 0.4) is 0 Å². The largest absolute Gasteiger partial charge is 0.342 e.